The summed E-state index contributed by atoms with van der Waals surface area (Å²) in [7, 11) is 2.38. The highest BCUT2D eigenvalue weighted by Gasteiger charge is 2.27. The highest BCUT2D eigenvalue weighted by molar-refractivity contribution is 7.27. The largest absolute Gasteiger partial charge is 0.460 e. The molecule has 0 amide bonds. The van der Waals surface area contributed by atoms with Crippen LogP contribution in [0.15, 0.2) is 18.2 Å². The molecule has 0 bridgehead atoms. The fourth-order valence-corrected chi connectivity index (χ4v) is 2.84. The quantitative estimate of drug-likeness (QED) is 0.573. The van der Waals surface area contributed by atoms with Crippen molar-refractivity contribution in [3.05, 3.63) is 29.6 Å². The van der Waals surface area contributed by atoms with Crippen molar-refractivity contribution < 1.29 is 19.0 Å². The van der Waals surface area contributed by atoms with Crippen molar-refractivity contribution in [1.29, 1.82) is 0 Å². The van der Waals surface area contributed by atoms with E-state index in [4.69, 9.17) is 4.74 Å². The van der Waals surface area contributed by atoms with E-state index in [2.05, 4.69) is 23.1 Å². The van der Waals surface area contributed by atoms with Gasteiger partial charge in [-0.05, 0) is 51.3 Å². The summed E-state index contributed by atoms with van der Waals surface area (Å²) in [6.07, 6.45) is 4.43. The Balaban J connectivity index is 0.000000609. The van der Waals surface area contributed by atoms with Gasteiger partial charge in [0.15, 0.2) is 0 Å². The number of ether oxygens (including phenoxy) is 1. The van der Waals surface area contributed by atoms with Crippen LogP contribution in [0.3, 0.4) is 0 Å². The highest BCUT2D eigenvalue weighted by atomic mass is 31.0. The standard InChI is InChI=1S/C14H22FOP.C6H12O2/c1-3-5-9-14(16,8-4-2)11-6-7-12(15)13(17)10-11;1-5(7)8-6(2,3)4/h6-7,10,16H,3-5,8-9,17H2,1-2H3;1-4H3. The van der Waals surface area contributed by atoms with Crippen LogP contribution in [-0.4, -0.2) is 16.7 Å². The number of hydrogen-bond donors (Lipinski definition) is 1. The molecule has 1 rings (SSSR count). The van der Waals surface area contributed by atoms with Crippen molar-refractivity contribution in [1.82, 2.24) is 0 Å². The third kappa shape index (κ3) is 9.91. The van der Waals surface area contributed by atoms with Crippen molar-refractivity contribution in [2.45, 2.75) is 84.8 Å². The Hall–Kier alpha value is -0.990. The molecule has 0 aromatic heterocycles. The maximum Gasteiger partial charge on any atom is 0.303 e. The zero-order valence-electron chi connectivity index (χ0n) is 16.5. The van der Waals surface area contributed by atoms with Gasteiger partial charge in [-0.25, -0.2) is 4.39 Å². The van der Waals surface area contributed by atoms with Crippen molar-refractivity contribution in [3.8, 4) is 0 Å². The molecule has 25 heavy (non-hydrogen) atoms. The van der Waals surface area contributed by atoms with Crippen LogP contribution in [-0.2, 0) is 15.1 Å². The molecule has 0 spiro atoms. The first-order valence-electron chi connectivity index (χ1n) is 8.92. The monoisotopic (exact) mass is 372 g/mol. The smallest absolute Gasteiger partial charge is 0.303 e. The van der Waals surface area contributed by atoms with E-state index in [0.29, 0.717) is 5.30 Å². The first-order chi connectivity index (χ1) is 11.4. The van der Waals surface area contributed by atoms with Crippen LogP contribution >= 0.6 is 9.24 Å². The lowest BCUT2D eigenvalue weighted by Gasteiger charge is -2.29. The van der Waals surface area contributed by atoms with Crippen LogP contribution < -0.4 is 5.30 Å². The van der Waals surface area contributed by atoms with Crippen molar-refractivity contribution in [2.75, 3.05) is 0 Å². The predicted molar refractivity (Wildman–Crippen MR) is 106 cm³/mol. The maximum absolute atomic E-state index is 13.2. The van der Waals surface area contributed by atoms with Gasteiger partial charge in [0.25, 0.3) is 0 Å². The number of halogens is 1. The number of carbonyl (C=O) groups excluding carboxylic acids is 1. The number of unbranched alkanes of at least 4 members (excludes halogenated alkanes) is 1. The summed E-state index contributed by atoms with van der Waals surface area (Å²) in [6, 6.07) is 4.88. The molecule has 2 unspecified atom stereocenters. The normalized spacial score (nSPS) is 13.5. The molecule has 0 heterocycles. The van der Waals surface area contributed by atoms with Gasteiger partial charge in [-0.3, -0.25) is 4.79 Å². The minimum Gasteiger partial charge on any atom is -0.460 e. The summed E-state index contributed by atoms with van der Waals surface area (Å²) < 4.78 is 18.0. The number of hydrogen-bond acceptors (Lipinski definition) is 3. The van der Waals surface area contributed by atoms with Gasteiger partial charge in [0.2, 0.25) is 0 Å². The maximum atomic E-state index is 13.2. The fraction of sp³-hybridized carbons (Fsp3) is 0.650. The second-order valence-corrected chi connectivity index (χ2v) is 7.95. The van der Waals surface area contributed by atoms with Crippen LogP contribution in [0.25, 0.3) is 0 Å². The average molecular weight is 372 g/mol. The number of esters is 1. The zero-order chi connectivity index (χ0) is 19.7. The molecular formula is C20H34FO3P. The first-order valence-corrected chi connectivity index (χ1v) is 9.50. The lowest BCUT2D eigenvalue weighted by molar-refractivity contribution is -0.151. The van der Waals surface area contributed by atoms with Crippen molar-refractivity contribution in [2.24, 2.45) is 0 Å². The molecule has 5 heteroatoms. The van der Waals surface area contributed by atoms with E-state index in [0.717, 1.165) is 37.7 Å². The molecule has 0 aliphatic carbocycles. The molecule has 0 saturated carbocycles. The van der Waals surface area contributed by atoms with Crippen LogP contribution in [0.4, 0.5) is 4.39 Å². The van der Waals surface area contributed by atoms with Gasteiger partial charge in [-0.15, -0.1) is 9.24 Å². The van der Waals surface area contributed by atoms with Gasteiger partial charge in [0.1, 0.15) is 11.4 Å². The molecule has 1 N–H and O–H groups in total. The molecule has 2 atom stereocenters. The molecule has 0 fully saturated rings. The van der Waals surface area contributed by atoms with Crippen LogP contribution in [0, 0.1) is 5.82 Å². The Morgan fingerprint density at radius 1 is 1.20 bits per heavy atom. The molecule has 3 nitrogen and oxygen atoms in total. The Kier molecular flexibility index (Phi) is 10.4. The number of aliphatic hydroxyl groups is 1. The Morgan fingerprint density at radius 2 is 1.80 bits per heavy atom. The van der Waals surface area contributed by atoms with Crippen molar-refractivity contribution in [3.63, 3.8) is 0 Å². The lowest BCUT2D eigenvalue weighted by Crippen LogP contribution is -2.26. The summed E-state index contributed by atoms with van der Waals surface area (Å²) in [6.45, 7) is 11.1. The second-order valence-electron chi connectivity index (χ2n) is 7.33. The third-order valence-corrected chi connectivity index (χ3v) is 4.03. The summed E-state index contributed by atoms with van der Waals surface area (Å²) >= 11 is 0. The number of benzene rings is 1. The molecular weight excluding hydrogens is 338 g/mol. The van der Waals surface area contributed by atoms with Gasteiger partial charge in [0, 0.05) is 12.2 Å². The summed E-state index contributed by atoms with van der Waals surface area (Å²) in [5, 5.41) is 11.2. The summed E-state index contributed by atoms with van der Waals surface area (Å²) in [5.74, 6) is -0.467. The van der Waals surface area contributed by atoms with Gasteiger partial charge in [-0.2, -0.15) is 0 Å². The van der Waals surface area contributed by atoms with E-state index in [9.17, 15) is 14.3 Å². The topological polar surface area (TPSA) is 46.5 Å². The molecule has 0 aliphatic rings. The molecule has 144 valence electrons. The molecule has 0 saturated heterocycles. The number of carbonyl (C=O) groups is 1. The lowest BCUT2D eigenvalue weighted by atomic mass is 9.85. The minimum atomic E-state index is -0.802. The Morgan fingerprint density at radius 3 is 2.16 bits per heavy atom. The van der Waals surface area contributed by atoms with Gasteiger partial charge in [0.05, 0.1) is 5.60 Å². The van der Waals surface area contributed by atoms with Crippen LogP contribution in [0.2, 0.25) is 0 Å². The second kappa shape index (κ2) is 10.9. The van der Waals surface area contributed by atoms with E-state index < -0.39 is 5.60 Å². The van der Waals surface area contributed by atoms with Gasteiger partial charge < -0.3 is 9.84 Å². The fourth-order valence-electron chi connectivity index (χ4n) is 2.56. The molecule has 1 aromatic rings. The van der Waals surface area contributed by atoms with Gasteiger partial charge >= 0.3 is 5.97 Å². The van der Waals surface area contributed by atoms with Crippen LogP contribution in [0.5, 0.6) is 0 Å². The van der Waals surface area contributed by atoms with E-state index in [1.807, 2.05) is 20.8 Å². The summed E-state index contributed by atoms with van der Waals surface area (Å²) in [4.78, 5) is 10.2. The average Bonchev–Trinajstić information content (AvgIpc) is 2.46. The molecule has 0 aliphatic heterocycles. The van der Waals surface area contributed by atoms with Crippen LogP contribution in [0.1, 0.15) is 79.2 Å². The summed E-state index contributed by atoms with van der Waals surface area (Å²) in [5.41, 5.74) is -0.297. The SMILES string of the molecule is CC(=O)OC(C)(C)C.CCCCC(O)(CCC)c1ccc(F)c(P)c1. The predicted octanol–water partition coefficient (Wildman–Crippen LogP) is 4.85. The third-order valence-electron chi connectivity index (χ3n) is 3.59. The number of rotatable bonds is 6. The molecule has 0 radical (unpaired) electrons. The zero-order valence-corrected chi connectivity index (χ0v) is 17.6. The minimum absolute atomic E-state index is 0.225. The van der Waals surface area contributed by atoms with Crippen molar-refractivity contribution >= 4 is 20.5 Å². The van der Waals surface area contributed by atoms with E-state index in [1.54, 1.807) is 12.1 Å². The Bertz CT molecular complexity index is 540. The van der Waals surface area contributed by atoms with E-state index in [1.165, 1.54) is 13.0 Å². The van der Waals surface area contributed by atoms with E-state index in [-0.39, 0.29) is 17.4 Å². The molecule has 1 aromatic carbocycles. The van der Waals surface area contributed by atoms with Gasteiger partial charge in [-0.1, -0.05) is 39.2 Å². The Labute approximate surface area is 154 Å². The van der Waals surface area contributed by atoms with E-state index >= 15 is 0 Å². The first kappa shape index (κ1) is 24.0. The highest BCUT2D eigenvalue weighted by Crippen LogP contribution is 2.32.